The summed E-state index contributed by atoms with van der Waals surface area (Å²) in [6, 6.07) is 9.84. The summed E-state index contributed by atoms with van der Waals surface area (Å²) in [5.41, 5.74) is 1.74. The lowest BCUT2D eigenvalue weighted by Gasteiger charge is -2.07. The smallest absolute Gasteiger partial charge is 0.226 e. The lowest BCUT2D eigenvalue weighted by Crippen LogP contribution is -2.24. The first-order chi connectivity index (χ1) is 12.2. The van der Waals surface area contributed by atoms with Crippen molar-refractivity contribution in [2.45, 2.75) is 19.9 Å². The summed E-state index contributed by atoms with van der Waals surface area (Å²) in [5.74, 6) is 0.790. The Labute approximate surface area is 163 Å². The number of hydrogen-bond acceptors (Lipinski definition) is 5. The Balaban J connectivity index is 1.62. The number of nitrogens with zero attached hydrogens (tertiary/aromatic N) is 1. The van der Waals surface area contributed by atoms with Crippen molar-refractivity contribution in [3.63, 3.8) is 0 Å². The molecule has 1 amide bonds. The van der Waals surface area contributed by atoms with Crippen LogP contribution in [0.15, 0.2) is 45.6 Å². The Morgan fingerprint density at radius 1 is 1.28 bits per heavy atom. The molecular formula is C18H17BrN2O2S2. The van der Waals surface area contributed by atoms with Gasteiger partial charge in [0.25, 0.3) is 0 Å². The highest BCUT2D eigenvalue weighted by atomic mass is 79.9. The molecule has 0 saturated carbocycles. The largest absolute Gasteiger partial charge is 0.493 e. The van der Waals surface area contributed by atoms with Crippen LogP contribution in [-0.4, -0.2) is 17.5 Å². The summed E-state index contributed by atoms with van der Waals surface area (Å²) < 4.78 is 6.70. The first-order valence-corrected chi connectivity index (χ1v) is 10.4. The van der Waals surface area contributed by atoms with Gasteiger partial charge in [0.15, 0.2) is 0 Å². The summed E-state index contributed by atoms with van der Waals surface area (Å²) in [7, 11) is 0. The van der Waals surface area contributed by atoms with E-state index in [1.165, 1.54) is 11.3 Å². The second-order valence-corrected chi connectivity index (χ2v) is 8.03. The minimum absolute atomic E-state index is 0.0283. The second kappa shape index (κ2) is 8.60. The second-order valence-electron chi connectivity index (χ2n) is 5.26. The van der Waals surface area contributed by atoms with E-state index < -0.39 is 0 Å². The van der Waals surface area contributed by atoms with Crippen molar-refractivity contribution in [3.8, 4) is 16.3 Å². The van der Waals surface area contributed by atoms with Gasteiger partial charge in [0.2, 0.25) is 5.91 Å². The number of thiophene rings is 1. The summed E-state index contributed by atoms with van der Waals surface area (Å²) in [4.78, 5) is 17.8. The lowest BCUT2D eigenvalue weighted by atomic mass is 10.2. The molecule has 0 radical (unpaired) electrons. The molecule has 0 bridgehead atoms. The molecule has 0 aliphatic carbocycles. The van der Waals surface area contributed by atoms with Gasteiger partial charge < -0.3 is 10.1 Å². The Morgan fingerprint density at radius 3 is 2.88 bits per heavy atom. The number of benzene rings is 1. The van der Waals surface area contributed by atoms with Crippen molar-refractivity contribution >= 4 is 44.5 Å². The maximum atomic E-state index is 12.1. The Kier molecular flexibility index (Phi) is 6.23. The Morgan fingerprint density at radius 2 is 2.12 bits per heavy atom. The SMILES string of the molecule is CCOc1ccccc1-c1nc(CC(=O)NCc2cc(Br)cs2)cs1. The highest BCUT2D eigenvalue weighted by Crippen LogP contribution is 2.32. The molecule has 0 atom stereocenters. The minimum Gasteiger partial charge on any atom is -0.493 e. The highest BCUT2D eigenvalue weighted by molar-refractivity contribution is 9.10. The summed E-state index contributed by atoms with van der Waals surface area (Å²) in [6.07, 6.45) is 0.278. The fraction of sp³-hybridized carbons (Fsp3) is 0.222. The van der Waals surface area contributed by atoms with Gasteiger partial charge in [-0.05, 0) is 41.1 Å². The average Bonchev–Trinajstić information content (AvgIpc) is 3.23. The number of nitrogens with one attached hydrogen (secondary N) is 1. The van der Waals surface area contributed by atoms with Crippen LogP contribution in [0.2, 0.25) is 0 Å². The van der Waals surface area contributed by atoms with Crippen molar-refractivity contribution in [1.82, 2.24) is 10.3 Å². The third-order valence-corrected chi connectivity index (χ3v) is 6.01. The van der Waals surface area contributed by atoms with Gasteiger partial charge in [-0.1, -0.05) is 12.1 Å². The molecule has 1 N–H and O–H groups in total. The van der Waals surface area contributed by atoms with Gasteiger partial charge >= 0.3 is 0 Å². The van der Waals surface area contributed by atoms with Crippen LogP contribution < -0.4 is 10.1 Å². The van der Waals surface area contributed by atoms with Crippen molar-refractivity contribution in [2.75, 3.05) is 6.61 Å². The van der Waals surface area contributed by atoms with Gasteiger partial charge in [0.1, 0.15) is 10.8 Å². The zero-order valence-corrected chi connectivity index (χ0v) is 16.8. The maximum absolute atomic E-state index is 12.1. The molecule has 2 heterocycles. The molecule has 3 rings (SSSR count). The number of halogens is 1. The van der Waals surface area contributed by atoms with E-state index in [4.69, 9.17) is 4.74 Å². The molecule has 0 fully saturated rings. The van der Waals surface area contributed by atoms with E-state index in [1.54, 1.807) is 11.3 Å². The van der Waals surface area contributed by atoms with Gasteiger partial charge in [0.05, 0.1) is 30.8 Å². The highest BCUT2D eigenvalue weighted by Gasteiger charge is 2.12. The normalized spacial score (nSPS) is 10.6. The van der Waals surface area contributed by atoms with Gasteiger partial charge in [0, 0.05) is 20.1 Å². The van der Waals surface area contributed by atoms with Crippen LogP contribution in [0.25, 0.3) is 10.6 Å². The number of thiazole rings is 1. The number of rotatable bonds is 7. The zero-order chi connectivity index (χ0) is 17.6. The first-order valence-electron chi connectivity index (χ1n) is 7.82. The van der Waals surface area contributed by atoms with Gasteiger partial charge in [-0.25, -0.2) is 4.98 Å². The predicted molar refractivity (Wildman–Crippen MR) is 106 cm³/mol. The van der Waals surface area contributed by atoms with E-state index in [1.807, 2.05) is 48.0 Å². The van der Waals surface area contributed by atoms with E-state index >= 15 is 0 Å². The Hall–Kier alpha value is -1.70. The quantitative estimate of drug-likeness (QED) is 0.573. The molecule has 4 nitrogen and oxygen atoms in total. The van der Waals surface area contributed by atoms with Crippen LogP contribution in [0.5, 0.6) is 5.75 Å². The third-order valence-electron chi connectivity index (χ3n) is 3.39. The number of aromatic nitrogens is 1. The van der Waals surface area contributed by atoms with Crippen LogP contribution in [-0.2, 0) is 17.8 Å². The van der Waals surface area contributed by atoms with Crippen LogP contribution >= 0.6 is 38.6 Å². The van der Waals surface area contributed by atoms with Crippen LogP contribution in [0.1, 0.15) is 17.5 Å². The number of ether oxygens (including phenoxy) is 1. The van der Waals surface area contributed by atoms with E-state index in [0.717, 1.165) is 31.4 Å². The minimum atomic E-state index is -0.0283. The molecule has 2 aromatic heterocycles. The van der Waals surface area contributed by atoms with E-state index in [-0.39, 0.29) is 12.3 Å². The molecule has 0 spiro atoms. The van der Waals surface area contributed by atoms with Gasteiger partial charge in [-0.3, -0.25) is 4.79 Å². The standard InChI is InChI=1S/C18H17BrN2O2S2/c1-2-23-16-6-4-3-5-15(16)18-21-13(11-25-18)8-17(22)20-9-14-7-12(19)10-24-14/h3-7,10-11H,2,8-9H2,1H3,(H,20,22). The van der Waals surface area contributed by atoms with E-state index in [2.05, 4.69) is 26.2 Å². The van der Waals surface area contributed by atoms with E-state index in [0.29, 0.717) is 13.2 Å². The molecular weight excluding hydrogens is 420 g/mol. The van der Waals surface area contributed by atoms with Crippen molar-refractivity contribution in [3.05, 3.63) is 56.1 Å². The Bertz CT molecular complexity index is 860. The molecule has 0 aliphatic heterocycles. The van der Waals surface area contributed by atoms with Crippen LogP contribution in [0.4, 0.5) is 0 Å². The number of amides is 1. The number of para-hydroxylation sites is 1. The molecule has 25 heavy (non-hydrogen) atoms. The van der Waals surface area contributed by atoms with Crippen molar-refractivity contribution in [1.29, 1.82) is 0 Å². The first kappa shape index (κ1) is 18.1. The number of carbonyl (C=O) groups is 1. The van der Waals surface area contributed by atoms with E-state index in [9.17, 15) is 4.79 Å². The molecule has 0 aliphatic rings. The molecule has 3 aromatic rings. The summed E-state index contributed by atoms with van der Waals surface area (Å²) in [5, 5.41) is 7.74. The molecule has 1 aromatic carbocycles. The average molecular weight is 437 g/mol. The number of carbonyl (C=O) groups excluding carboxylic acids is 1. The summed E-state index contributed by atoms with van der Waals surface area (Å²) in [6.45, 7) is 3.11. The van der Waals surface area contributed by atoms with Crippen molar-refractivity contribution < 1.29 is 9.53 Å². The zero-order valence-electron chi connectivity index (χ0n) is 13.6. The lowest BCUT2D eigenvalue weighted by molar-refractivity contribution is -0.120. The summed E-state index contributed by atoms with van der Waals surface area (Å²) >= 11 is 6.56. The topological polar surface area (TPSA) is 51.2 Å². The van der Waals surface area contributed by atoms with Crippen molar-refractivity contribution in [2.24, 2.45) is 0 Å². The third kappa shape index (κ3) is 4.90. The monoisotopic (exact) mass is 436 g/mol. The maximum Gasteiger partial charge on any atom is 0.226 e. The molecule has 130 valence electrons. The van der Waals surface area contributed by atoms with Crippen LogP contribution in [0.3, 0.4) is 0 Å². The number of hydrogen-bond donors (Lipinski definition) is 1. The molecule has 0 saturated heterocycles. The molecule has 7 heteroatoms. The predicted octanol–water partition coefficient (Wildman–Crippen LogP) is 4.89. The molecule has 0 unspecified atom stereocenters. The fourth-order valence-corrected chi connectivity index (χ4v) is 4.54. The van der Waals surface area contributed by atoms with Crippen LogP contribution in [0, 0.1) is 0 Å². The van der Waals surface area contributed by atoms with Gasteiger partial charge in [-0.2, -0.15) is 0 Å². The van der Waals surface area contributed by atoms with Gasteiger partial charge in [-0.15, -0.1) is 22.7 Å². The fourth-order valence-electron chi connectivity index (χ4n) is 2.30.